The summed E-state index contributed by atoms with van der Waals surface area (Å²) >= 11 is 0. The largest absolute Gasteiger partial charge is 0.504 e. The molecule has 0 spiro atoms. The highest BCUT2D eigenvalue weighted by Crippen LogP contribution is 2.37. The van der Waals surface area contributed by atoms with Crippen molar-refractivity contribution in [2.75, 3.05) is 5.75 Å². The van der Waals surface area contributed by atoms with Gasteiger partial charge >= 0.3 is 5.69 Å². The molecule has 0 aromatic heterocycles. The normalized spacial score (nSPS) is 11.3. The quantitative estimate of drug-likeness (QED) is 0.494. The van der Waals surface area contributed by atoms with Gasteiger partial charge in [0.15, 0.2) is 15.6 Å². The fraction of sp³-hybridized carbons (Fsp3) is 0.143. The number of hydrogen-bond acceptors (Lipinski definition) is 6. The molecule has 0 aliphatic rings. The summed E-state index contributed by atoms with van der Waals surface area (Å²) in [7, 11) is -3.83. The molecular weight excluding hydrogens is 310 g/mol. The number of aryl methyl sites for hydroxylation is 1. The van der Waals surface area contributed by atoms with Gasteiger partial charge in [0, 0.05) is 12.1 Å². The van der Waals surface area contributed by atoms with Gasteiger partial charge in [0.1, 0.15) is 0 Å². The van der Waals surface area contributed by atoms with Crippen molar-refractivity contribution in [3.05, 3.63) is 58.1 Å². The summed E-state index contributed by atoms with van der Waals surface area (Å²) in [6.07, 6.45) is 0.235. The Balaban J connectivity index is 2.32. The first-order chi connectivity index (χ1) is 10.3. The van der Waals surface area contributed by atoms with Gasteiger partial charge in [-0.05, 0) is 12.0 Å². The van der Waals surface area contributed by atoms with Gasteiger partial charge in [-0.2, -0.15) is 0 Å². The molecule has 7 nitrogen and oxygen atoms in total. The Morgan fingerprint density at radius 2 is 1.73 bits per heavy atom. The third-order valence-corrected chi connectivity index (χ3v) is 4.80. The summed E-state index contributed by atoms with van der Waals surface area (Å²) in [6, 6.07) is 10.5. The van der Waals surface area contributed by atoms with Crippen molar-refractivity contribution in [3.8, 4) is 11.5 Å². The summed E-state index contributed by atoms with van der Waals surface area (Å²) in [6.45, 7) is 0. The lowest BCUT2D eigenvalue weighted by Gasteiger charge is -2.07. The molecule has 2 aromatic rings. The second-order valence-corrected chi connectivity index (χ2v) is 6.73. The molecule has 0 unspecified atom stereocenters. The number of nitro benzene ring substituents is 1. The number of rotatable bonds is 5. The van der Waals surface area contributed by atoms with Crippen LogP contribution in [-0.2, 0) is 16.3 Å². The minimum atomic E-state index is -3.83. The molecule has 0 aliphatic carbocycles. The van der Waals surface area contributed by atoms with Gasteiger partial charge in [0.25, 0.3) is 0 Å². The van der Waals surface area contributed by atoms with E-state index < -0.39 is 36.8 Å². The molecule has 0 aliphatic heterocycles. The minimum Gasteiger partial charge on any atom is -0.504 e. The highest BCUT2D eigenvalue weighted by Gasteiger charge is 2.24. The minimum absolute atomic E-state index is 0.235. The second-order valence-electron chi connectivity index (χ2n) is 4.62. The summed E-state index contributed by atoms with van der Waals surface area (Å²) < 4.78 is 24.5. The van der Waals surface area contributed by atoms with Crippen LogP contribution in [0.2, 0.25) is 0 Å². The van der Waals surface area contributed by atoms with Gasteiger partial charge in [-0.25, -0.2) is 8.42 Å². The smallest absolute Gasteiger partial charge is 0.315 e. The highest BCUT2D eigenvalue weighted by molar-refractivity contribution is 7.91. The zero-order valence-corrected chi connectivity index (χ0v) is 12.2. The number of sulfone groups is 1. The predicted octanol–water partition coefficient (Wildman–Crippen LogP) is 2.02. The van der Waals surface area contributed by atoms with Crippen LogP contribution in [0, 0.1) is 10.1 Å². The summed E-state index contributed by atoms with van der Waals surface area (Å²) in [5, 5.41) is 29.6. The standard InChI is InChI=1S/C14H13NO6S/c16-13-9-11(8-12(14(13)17)15(18)19)22(20,21)7-6-10-4-2-1-3-5-10/h1-5,8-9,16-17H,6-7H2. The summed E-state index contributed by atoms with van der Waals surface area (Å²) in [5.74, 6) is -2.06. The zero-order valence-electron chi connectivity index (χ0n) is 11.3. The van der Waals surface area contributed by atoms with Gasteiger partial charge in [0.05, 0.1) is 15.6 Å². The molecule has 0 radical (unpaired) electrons. The van der Waals surface area contributed by atoms with Crippen LogP contribution in [-0.4, -0.2) is 29.3 Å². The monoisotopic (exact) mass is 323 g/mol. The maximum absolute atomic E-state index is 12.2. The van der Waals surface area contributed by atoms with Gasteiger partial charge in [-0.1, -0.05) is 30.3 Å². The van der Waals surface area contributed by atoms with E-state index in [0.717, 1.165) is 17.7 Å². The van der Waals surface area contributed by atoms with Gasteiger partial charge in [0.2, 0.25) is 5.75 Å². The molecular formula is C14H13NO6S. The van der Waals surface area contributed by atoms with E-state index >= 15 is 0 Å². The van der Waals surface area contributed by atoms with Crippen LogP contribution in [0.25, 0.3) is 0 Å². The van der Waals surface area contributed by atoms with Crippen LogP contribution in [0.1, 0.15) is 5.56 Å². The lowest BCUT2D eigenvalue weighted by molar-refractivity contribution is -0.386. The van der Waals surface area contributed by atoms with Crippen molar-refractivity contribution in [3.63, 3.8) is 0 Å². The second kappa shape index (κ2) is 6.02. The van der Waals surface area contributed by atoms with E-state index in [1.54, 1.807) is 30.3 Å². The van der Waals surface area contributed by atoms with Gasteiger partial charge < -0.3 is 10.2 Å². The molecule has 0 bridgehead atoms. The van der Waals surface area contributed by atoms with Crippen molar-refractivity contribution in [1.29, 1.82) is 0 Å². The van der Waals surface area contributed by atoms with Crippen LogP contribution in [0.3, 0.4) is 0 Å². The van der Waals surface area contributed by atoms with Crippen LogP contribution < -0.4 is 0 Å². The van der Waals surface area contributed by atoms with Crippen LogP contribution >= 0.6 is 0 Å². The Morgan fingerprint density at radius 1 is 1.09 bits per heavy atom. The van der Waals surface area contributed by atoms with Crippen molar-refractivity contribution < 1.29 is 23.6 Å². The average molecular weight is 323 g/mol. The first kappa shape index (κ1) is 15.8. The SMILES string of the molecule is O=[N+]([O-])c1cc(S(=O)(=O)CCc2ccccc2)cc(O)c1O. The van der Waals surface area contributed by atoms with Crippen molar-refractivity contribution in [1.82, 2.24) is 0 Å². The summed E-state index contributed by atoms with van der Waals surface area (Å²) in [4.78, 5) is 9.42. The first-order valence-electron chi connectivity index (χ1n) is 6.28. The lowest BCUT2D eigenvalue weighted by atomic mass is 10.2. The van der Waals surface area contributed by atoms with E-state index in [1.807, 2.05) is 0 Å². The average Bonchev–Trinajstić information content (AvgIpc) is 2.48. The number of phenolic OH excluding ortho intramolecular Hbond substituents is 2. The van der Waals surface area contributed by atoms with Crippen LogP contribution in [0.15, 0.2) is 47.4 Å². The van der Waals surface area contributed by atoms with E-state index in [-0.39, 0.29) is 12.2 Å². The molecule has 0 heterocycles. The number of hydrogen-bond donors (Lipinski definition) is 2. The molecule has 0 saturated heterocycles. The molecule has 0 atom stereocenters. The first-order valence-corrected chi connectivity index (χ1v) is 7.93. The molecule has 0 fully saturated rings. The van der Waals surface area contributed by atoms with E-state index in [0.29, 0.717) is 0 Å². The Bertz CT molecular complexity index is 802. The molecule has 8 heteroatoms. The number of aromatic hydroxyl groups is 2. The van der Waals surface area contributed by atoms with Gasteiger partial charge in [-0.3, -0.25) is 10.1 Å². The number of nitrogens with zero attached hydrogens (tertiary/aromatic N) is 1. The van der Waals surface area contributed by atoms with Crippen molar-refractivity contribution in [2.45, 2.75) is 11.3 Å². The fourth-order valence-corrected chi connectivity index (χ4v) is 3.24. The molecule has 0 amide bonds. The Morgan fingerprint density at radius 3 is 2.32 bits per heavy atom. The maximum Gasteiger partial charge on any atom is 0.315 e. The highest BCUT2D eigenvalue weighted by atomic mass is 32.2. The van der Waals surface area contributed by atoms with E-state index in [2.05, 4.69) is 0 Å². The molecule has 22 heavy (non-hydrogen) atoms. The van der Waals surface area contributed by atoms with Crippen molar-refractivity contribution >= 4 is 15.5 Å². The number of nitro groups is 1. The zero-order chi connectivity index (χ0) is 16.3. The molecule has 0 saturated carbocycles. The third-order valence-electron chi connectivity index (χ3n) is 3.10. The third kappa shape index (κ3) is 3.34. The van der Waals surface area contributed by atoms with E-state index in [1.165, 1.54) is 0 Å². The van der Waals surface area contributed by atoms with Gasteiger partial charge in [-0.15, -0.1) is 0 Å². The fourth-order valence-electron chi connectivity index (χ4n) is 1.91. The molecule has 2 rings (SSSR count). The molecule has 116 valence electrons. The molecule has 2 N–H and O–H groups in total. The van der Waals surface area contributed by atoms with Crippen LogP contribution in [0.4, 0.5) is 5.69 Å². The maximum atomic E-state index is 12.2. The number of benzene rings is 2. The predicted molar refractivity (Wildman–Crippen MR) is 78.6 cm³/mol. The Kier molecular flexibility index (Phi) is 4.32. The Labute approximate surface area is 126 Å². The topological polar surface area (TPSA) is 118 Å². The lowest BCUT2D eigenvalue weighted by Crippen LogP contribution is -2.09. The Hall–Kier alpha value is -2.61. The summed E-state index contributed by atoms with van der Waals surface area (Å²) in [5.41, 5.74) is -0.0399. The van der Waals surface area contributed by atoms with Crippen molar-refractivity contribution in [2.24, 2.45) is 0 Å². The molecule has 2 aromatic carbocycles. The van der Waals surface area contributed by atoms with E-state index in [4.69, 9.17) is 0 Å². The number of phenols is 2. The van der Waals surface area contributed by atoms with E-state index in [9.17, 15) is 28.7 Å². The van der Waals surface area contributed by atoms with Crippen LogP contribution in [0.5, 0.6) is 11.5 Å².